The molecule has 0 unspecified atom stereocenters. The van der Waals surface area contributed by atoms with Gasteiger partial charge in [0.1, 0.15) is 5.75 Å². The van der Waals surface area contributed by atoms with E-state index in [1.807, 2.05) is 6.07 Å². The SMILES string of the molecule is CC/C([O-])=N/S(=O)(=O)c1ccc(NC(=O)Cc2ccc(Cl)c(Oc3cc(Cl)cc(C#N)c3)c2F)cc1.[Na+]. The Labute approximate surface area is 245 Å². The molecule has 13 heteroatoms. The van der Waals surface area contributed by atoms with Crippen LogP contribution in [-0.4, -0.2) is 20.2 Å². The average Bonchev–Trinajstić information content (AvgIpc) is 2.83. The molecule has 0 aliphatic carbocycles. The zero-order valence-electron chi connectivity index (χ0n) is 19.6. The second-order valence-electron chi connectivity index (χ2n) is 7.30. The first-order chi connectivity index (χ1) is 17.0. The largest absolute Gasteiger partial charge is 1.00 e. The van der Waals surface area contributed by atoms with Gasteiger partial charge in [-0.05, 0) is 60.8 Å². The summed E-state index contributed by atoms with van der Waals surface area (Å²) >= 11 is 12.0. The summed E-state index contributed by atoms with van der Waals surface area (Å²) in [5.74, 6) is -2.50. The average molecular weight is 572 g/mol. The van der Waals surface area contributed by atoms with E-state index in [1.54, 1.807) is 0 Å². The maximum atomic E-state index is 15.1. The number of hydrogen-bond donors (Lipinski definition) is 1. The van der Waals surface area contributed by atoms with E-state index in [1.165, 1.54) is 61.5 Å². The van der Waals surface area contributed by atoms with Crippen molar-refractivity contribution in [3.05, 3.63) is 81.6 Å². The molecule has 0 saturated heterocycles. The minimum atomic E-state index is -4.15. The van der Waals surface area contributed by atoms with Gasteiger partial charge in [-0.25, -0.2) is 4.39 Å². The minimum Gasteiger partial charge on any atom is -0.861 e. The van der Waals surface area contributed by atoms with Crippen LogP contribution in [0.1, 0.15) is 24.5 Å². The Hall–Kier alpha value is -2.65. The predicted molar refractivity (Wildman–Crippen MR) is 131 cm³/mol. The van der Waals surface area contributed by atoms with Gasteiger partial charge in [0.25, 0.3) is 10.0 Å². The van der Waals surface area contributed by atoms with Crippen LogP contribution in [0.2, 0.25) is 10.0 Å². The van der Waals surface area contributed by atoms with Crippen LogP contribution in [0, 0.1) is 17.1 Å². The van der Waals surface area contributed by atoms with Crippen LogP contribution in [0.25, 0.3) is 0 Å². The molecule has 0 aromatic heterocycles. The van der Waals surface area contributed by atoms with E-state index < -0.39 is 34.1 Å². The van der Waals surface area contributed by atoms with Crippen molar-refractivity contribution >= 4 is 50.7 Å². The van der Waals surface area contributed by atoms with Crippen molar-refractivity contribution in [2.45, 2.75) is 24.7 Å². The smallest absolute Gasteiger partial charge is 0.861 e. The first-order valence-corrected chi connectivity index (χ1v) is 12.5. The van der Waals surface area contributed by atoms with E-state index >= 15 is 4.39 Å². The van der Waals surface area contributed by atoms with Crippen molar-refractivity contribution in [2.75, 3.05) is 5.32 Å². The van der Waals surface area contributed by atoms with Gasteiger partial charge in [0, 0.05) is 16.3 Å². The number of carbonyl (C=O) groups excluding carboxylic acids is 1. The monoisotopic (exact) mass is 571 g/mol. The van der Waals surface area contributed by atoms with Crippen LogP contribution in [0.5, 0.6) is 11.5 Å². The molecule has 1 N–H and O–H groups in total. The van der Waals surface area contributed by atoms with Crippen molar-refractivity contribution in [3.8, 4) is 17.6 Å². The molecule has 8 nitrogen and oxygen atoms in total. The Balaban J connectivity index is 0.00000481. The molecule has 0 atom stereocenters. The van der Waals surface area contributed by atoms with Crippen molar-refractivity contribution in [2.24, 2.45) is 4.40 Å². The van der Waals surface area contributed by atoms with Crippen LogP contribution in [0.4, 0.5) is 10.1 Å². The summed E-state index contributed by atoms with van der Waals surface area (Å²) in [5, 5.41) is 23.1. The molecule has 1 amide bonds. The number of amides is 1. The van der Waals surface area contributed by atoms with Gasteiger partial charge in [-0.2, -0.15) is 18.1 Å². The number of nitriles is 1. The summed E-state index contributed by atoms with van der Waals surface area (Å²) < 4.78 is 48.0. The molecule has 0 saturated carbocycles. The van der Waals surface area contributed by atoms with Gasteiger partial charge < -0.3 is 15.2 Å². The number of anilines is 1. The van der Waals surface area contributed by atoms with Crippen LogP contribution in [0.15, 0.2) is 63.9 Å². The molecule has 0 spiro atoms. The first kappa shape index (κ1) is 30.6. The topological polar surface area (TPSA) is 132 Å². The van der Waals surface area contributed by atoms with E-state index in [4.69, 9.17) is 33.2 Å². The van der Waals surface area contributed by atoms with Gasteiger partial charge in [0.05, 0.1) is 28.0 Å². The second kappa shape index (κ2) is 13.2. The fourth-order valence-electron chi connectivity index (χ4n) is 2.95. The zero-order chi connectivity index (χ0) is 26.5. The Morgan fingerprint density at radius 1 is 1.16 bits per heavy atom. The summed E-state index contributed by atoms with van der Waals surface area (Å²) in [7, 11) is -4.15. The van der Waals surface area contributed by atoms with Crippen molar-refractivity contribution in [1.82, 2.24) is 0 Å². The molecule has 0 fully saturated rings. The Kier molecular flexibility index (Phi) is 10.9. The predicted octanol–water partition coefficient (Wildman–Crippen LogP) is 1.84. The summed E-state index contributed by atoms with van der Waals surface area (Å²) in [6.45, 7) is 1.49. The summed E-state index contributed by atoms with van der Waals surface area (Å²) in [5.41, 5.74) is 0.425. The molecule has 0 aliphatic heterocycles. The van der Waals surface area contributed by atoms with Crippen LogP contribution in [-0.2, 0) is 21.2 Å². The van der Waals surface area contributed by atoms with Crippen LogP contribution < -0.4 is 44.7 Å². The van der Waals surface area contributed by atoms with E-state index in [0.29, 0.717) is 0 Å². The molecule has 0 aliphatic rings. The summed E-state index contributed by atoms with van der Waals surface area (Å²) in [6, 6.07) is 13.7. The maximum absolute atomic E-state index is 15.1. The van der Waals surface area contributed by atoms with Gasteiger partial charge in [0.2, 0.25) is 5.91 Å². The third kappa shape index (κ3) is 8.17. The minimum absolute atomic E-state index is 0. The van der Waals surface area contributed by atoms with Crippen molar-refractivity contribution < 1.29 is 57.0 Å². The number of carbonyl (C=O) groups is 1. The second-order valence-corrected chi connectivity index (χ2v) is 9.75. The molecule has 0 heterocycles. The van der Waals surface area contributed by atoms with Crippen LogP contribution in [0.3, 0.4) is 0 Å². The molecular weight excluding hydrogens is 555 g/mol. The van der Waals surface area contributed by atoms with Gasteiger partial charge >= 0.3 is 29.6 Å². The number of nitrogens with one attached hydrogen (secondary N) is 1. The molecule has 0 radical (unpaired) electrons. The molecule has 186 valence electrons. The van der Waals surface area contributed by atoms with Gasteiger partial charge in [-0.3, -0.25) is 4.79 Å². The quantitative estimate of drug-likeness (QED) is 0.249. The third-order valence-corrected chi connectivity index (χ3v) is 6.49. The van der Waals surface area contributed by atoms with Gasteiger partial charge in [0.15, 0.2) is 11.6 Å². The van der Waals surface area contributed by atoms with E-state index in [-0.39, 0.29) is 79.2 Å². The van der Waals surface area contributed by atoms with Gasteiger partial charge in [-0.1, -0.05) is 36.2 Å². The Morgan fingerprint density at radius 2 is 1.84 bits per heavy atom. The van der Waals surface area contributed by atoms with E-state index in [2.05, 4.69) is 9.71 Å². The number of sulfonamides is 1. The molecule has 0 bridgehead atoms. The van der Waals surface area contributed by atoms with Crippen molar-refractivity contribution in [3.63, 3.8) is 0 Å². The molecule has 3 aromatic carbocycles. The third-order valence-electron chi connectivity index (χ3n) is 4.66. The fraction of sp³-hybridized carbons (Fsp3) is 0.125. The number of benzene rings is 3. The number of nitrogens with zero attached hydrogens (tertiary/aromatic N) is 2. The Morgan fingerprint density at radius 3 is 2.46 bits per heavy atom. The Bertz CT molecular complexity index is 1490. The number of rotatable bonds is 8. The fourth-order valence-corrected chi connectivity index (χ4v) is 4.34. The number of hydrogen-bond acceptors (Lipinski definition) is 6. The van der Waals surface area contributed by atoms with Gasteiger partial charge in [-0.15, -0.1) is 0 Å². The molecule has 3 rings (SSSR count). The van der Waals surface area contributed by atoms with E-state index in [0.717, 1.165) is 0 Å². The molecule has 37 heavy (non-hydrogen) atoms. The van der Waals surface area contributed by atoms with E-state index in [9.17, 15) is 18.3 Å². The number of ether oxygens (including phenoxy) is 1. The first-order valence-electron chi connectivity index (χ1n) is 10.3. The maximum Gasteiger partial charge on any atom is 1.00 e. The summed E-state index contributed by atoms with van der Waals surface area (Å²) in [4.78, 5) is 12.3. The van der Waals surface area contributed by atoms with Crippen LogP contribution >= 0.6 is 23.2 Å². The molecule has 3 aromatic rings. The molecular formula is C24H17Cl2FN3NaO5S. The zero-order valence-corrected chi connectivity index (χ0v) is 23.9. The standard InChI is InChI=1S/C24H18Cl2FN3O5S.Na/c1-2-21(31)30-36(33,34)19-6-4-17(5-7-19)29-22(32)11-15-3-8-20(26)24(23(15)27)35-18-10-14(13-28)9-16(25)12-18;/h3-10,12H,2,11H2,1H3,(H,29,32)(H,30,31);/q;+1/p-1. The van der Waals surface area contributed by atoms with Crippen molar-refractivity contribution in [1.29, 1.82) is 5.26 Å². The number of halogens is 3. The normalized spacial score (nSPS) is 11.3. The summed E-state index contributed by atoms with van der Waals surface area (Å²) in [6.07, 6.45) is -0.444.